The molecule has 0 saturated carbocycles. The summed E-state index contributed by atoms with van der Waals surface area (Å²) < 4.78 is 1.71. The van der Waals surface area contributed by atoms with Gasteiger partial charge in [-0.15, -0.1) is 11.3 Å². The van der Waals surface area contributed by atoms with Gasteiger partial charge in [-0.2, -0.15) is 5.10 Å². The summed E-state index contributed by atoms with van der Waals surface area (Å²) in [6, 6.07) is 0. The SMILES string of the molecule is C=Cn1cc(CNCCc2cscn2)cn1. The molecule has 2 heterocycles. The van der Waals surface area contributed by atoms with Crippen LogP contribution in [0.3, 0.4) is 0 Å². The molecule has 0 unspecified atom stereocenters. The lowest BCUT2D eigenvalue weighted by Crippen LogP contribution is -2.16. The normalized spacial score (nSPS) is 10.5. The highest BCUT2D eigenvalue weighted by Gasteiger charge is 1.97. The van der Waals surface area contributed by atoms with E-state index in [1.54, 1.807) is 22.2 Å². The van der Waals surface area contributed by atoms with Gasteiger partial charge in [0.05, 0.1) is 17.4 Å². The zero-order valence-corrected chi connectivity index (χ0v) is 9.78. The van der Waals surface area contributed by atoms with Gasteiger partial charge in [0, 0.05) is 42.9 Å². The van der Waals surface area contributed by atoms with Crippen LogP contribution in [0.1, 0.15) is 11.3 Å². The van der Waals surface area contributed by atoms with Gasteiger partial charge in [0.15, 0.2) is 0 Å². The van der Waals surface area contributed by atoms with Crippen LogP contribution in [-0.2, 0) is 13.0 Å². The molecule has 0 atom stereocenters. The molecular weight excluding hydrogens is 220 g/mol. The summed E-state index contributed by atoms with van der Waals surface area (Å²) in [5.41, 5.74) is 4.18. The summed E-state index contributed by atoms with van der Waals surface area (Å²) in [6.07, 6.45) is 6.46. The molecule has 0 aliphatic heterocycles. The molecule has 0 aliphatic rings. The van der Waals surface area contributed by atoms with Crippen molar-refractivity contribution in [3.05, 3.63) is 41.1 Å². The van der Waals surface area contributed by atoms with Crippen LogP contribution in [0.2, 0.25) is 0 Å². The van der Waals surface area contributed by atoms with Crippen LogP contribution in [0.25, 0.3) is 6.20 Å². The van der Waals surface area contributed by atoms with E-state index >= 15 is 0 Å². The van der Waals surface area contributed by atoms with Crippen LogP contribution >= 0.6 is 11.3 Å². The maximum Gasteiger partial charge on any atom is 0.0794 e. The Hall–Kier alpha value is -1.46. The summed E-state index contributed by atoms with van der Waals surface area (Å²) in [5.74, 6) is 0. The lowest BCUT2D eigenvalue weighted by molar-refractivity contribution is 0.681. The number of hydrogen-bond donors (Lipinski definition) is 1. The Labute approximate surface area is 98.6 Å². The summed E-state index contributed by atoms with van der Waals surface area (Å²) in [4.78, 5) is 4.23. The van der Waals surface area contributed by atoms with Crippen LogP contribution in [0, 0.1) is 0 Å². The quantitative estimate of drug-likeness (QED) is 0.775. The third kappa shape index (κ3) is 3.01. The summed E-state index contributed by atoms with van der Waals surface area (Å²) in [7, 11) is 0. The van der Waals surface area contributed by atoms with E-state index in [1.165, 1.54) is 0 Å². The molecule has 84 valence electrons. The standard InChI is InChI=1S/C11H14N4S/c1-2-15-7-10(6-14-15)5-12-4-3-11-8-16-9-13-11/h2,6-9,12H,1,3-5H2. The number of nitrogens with one attached hydrogen (secondary N) is 1. The van der Waals surface area contributed by atoms with Crippen molar-refractivity contribution in [2.24, 2.45) is 0 Å². The van der Waals surface area contributed by atoms with Crippen molar-refractivity contribution in [2.45, 2.75) is 13.0 Å². The summed E-state index contributed by atoms with van der Waals surface area (Å²) in [6.45, 7) is 5.41. The van der Waals surface area contributed by atoms with Gasteiger partial charge in [-0.1, -0.05) is 6.58 Å². The molecule has 2 aromatic rings. The molecule has 0 aliphatic carbocycles. The molecule has 5 heteroatoms. The lowest BCUT2D eigenvalue weighted by Gasteiger charge is -2.00. The number of thiazole rings is 1. The van der Waals surface area contributed by atoms with Crippen LogP contribution in [-0.4, -0.2) is 21.3 Å². The van der Waals surface area contributed by atoms with Gasteiger partial charge in [0.25, 0.3) is 0 Å². The van der Waals surface area contributed by atoms with Gasteiger partial charge in [-0.25, -0.2) is 9.67 Å². The van der Waals surface area contributed by atoms with E-state index < -0.39 is 0 Å². The maximum absolute atomic E-state index is 4.23. The van der Waals surface area contributed by atoms with Gasteiger partial charge in [-0.3, -0.25) is 0 Å². The minimum absolute atomic E-state index is 0.831. The van der Waals surface area contributed by atoms with Crippen LogP contribution < -0.4 is 5.32 Å². The molecule has 0 aromatic carbocycles. The number of hydrogen-bond acceptors (Lipinski definition) is 4. The van der Waals surface area contributed by atoms with Crippen molar-refractivity contribution in [3.63, 3.8) is 0 Å². The zero-order valence-electron chi connectivity index (χ0n) is 8.97. The number of nitrogens with zero attached hydrogens (tertiary/aromatic N) is 3. The fourth-order valence-corrected chi connectivity index (χ4v) is 1.97. The monoisotopic (exact) mass is 234 g/mol. The van der Waals surface area contributed by atoms with Gasteiger partial charge >= 0.3 is 0 Å². The molecule has 16 heavy (non-hydrogen) atoms. The first-order valence-corrected chi connectivity index (χ1v) is 6.06. The first kappa shape index (κ1) is 11.0. The largest absolute Gasteiger partial charge is 0.312 e. The first-order chi connectivity index (χ1) is 7.88. The maximum atomic E-state index is 4.23. The highest BCUT2D eigenvalue weighted by Crippen LogP contribution is 2.01. The van der Waals surface area contributed by atoms with Crippen LogP contribution in [0.15, 0.2) is 29.9 Å². The predicted octanol–water partition coefficient (Wildman–Crippen LogP) is 1.77. The molecule has 0 bridgehead atoms. The minimum atomic E-state index is 0.831. The molecule has 1 N–H and O–H groups in total. The third-order valence-corrected chi connectivity index (χ3v) is 2.85. The van der Waals surface area contributed by atoms with Gasteiger partial charge in [0.2, 0.25) is 0 Å². The van der Waals surface area contributed by atoms with Gasteiger partial charge in [0.1, 0.15) is 0 Å². The van der Waals surface area contributed by atoms with E-state index in [2.05, 4.69) is 27.4 Å². The van der Waals surface area contributed by atoms with E-state index in [9.17, 15) is 0 Å². The third-order valence-electron chi connectivity index (χ3n) is 2.21. The predicted molar refractivity (Wildman–Crippen MR) is 66.1 cm³/mol. The van der Waals surface area contributed by atoms with Crippen molar-refractivity contribution in [1.82, 2.24) is 20.1 Å². The van der Waals surface area contributed by atoms with E-state index in [0.717, 1.165) is 30.8 Å². The van der Waals surface area contributed by atoms with E-state index in [0.29, 0.717) is 0 Å². The van der Waals surface area contributed by atoms with Gasteiger partial charge in [-0.05, 0) is 0 Å². The Morgan fingerprint density at radius 2 is 2.50 bits per heavy atom. The second kappa shape index (κ2) is 5.58. The second-order valence-corrected chi connectivity index (χ2v) is 4.14. The van der Waals surface area contributed by atoms with Crippen molar-refractivity contribution < 1.29 is 0 Å². The Morgan fingerprint density at radius 3 is 3.19 bits per heavy atom. The molecule has 4 nitrogen and oxygen atoms in total. The van der Waals surface area contributed by atoms with Crippen LogP contribution in [0.4, 0.5) is 0 Å². The molecule has 0 fully saturated rings. The van der Waals surface area contributed by atoms with Gasteiger partial charge < -0.3 is 5.32 Å². The highest BCUT2D eigenvalue weighted by atomic mass is 32.1. The average molecular weight is 234 g/mol. The van der Waals surface area contributed by atoms with Crippen molar-refractivity contribution >= 4 is 17.5 Å². The molecule has 0 saturated heterocycles. The van der Waals surface area contributed by atoms with E-state index in [4.69, 9.17) is 0 Å². The first-order valence-electron chi connectivity index (χ1n) is 5.12. The second-order valence-electron chi connectivity index (χ2n) is 3.42. The Balaban J connectivity index is 1.70. The summed E-state index contributed by atoms with van der Waals surface area (Å²) >= 11 is 1.64. The van der Waals surface area contributed by atoms with Crippen molar-refractivity contribution in [2.75, 3.05) is 6.54 Å². The molecule has 0 radical (unpaired) electrons. The fraction of sp³-hybridized carbons (Fsp3) is 0.273. The zero-order chi connectivity index (χ0) is 11.2. The minimum Gasteiger partial charge on any atom is -0.312 e. The smallest absolute Gasteiger partial charge is 0.0794 e. The molecular formula is C11H14N4S. The Morgan fingerprint density at radius 1 is 1.56 bits per heavy atom. The van der Waals surface area contributed by atoms with E-state index in [-0.39, 0.29) is 0 Å². The Bertz CT molecular complexity index is 433. The lowest BCUT2D eigenvalue weighted by atomic mass is 10.3. The Kier molecular flexibility index (Phi) is 3.85. The van der Waals surface area contributed by atoms with Crippen molar-refractivity contribution in [1.29, 1.82) is 0 Å². The molecule has 2 rings (SSSR count). The van der Waals surface area contributed by atoms with E-state index in [1.807, 2.05) is 17.9 Å². The molecule has 0 amide bonds. The highest BCUT2D eigenvalue weighted by molar-refractivity contribution is 7.07. The molecule has 2 aromatic heterocycles. The van der Waals surface area contributed by atoms with Crippen molar-refractivity contribution in [3.8, 4) is 0 Å². The number of rotatable bonds is 6. The van der Waals surface area contributed by atoms with Crippen LogP contribution in [0.5, 0.6) is 0 Å². The summed E-state index contributed by atoms with van der Waals surface area (Å²) in [5, 5.41) is 9.55. The fourth-order valence-electron chi connectivity index (χ4n) is 1.38. The molecule has 0 spiro atoms. The topological polar surface area (TPSA) is 42.7 Å². The average Bonchev–Trinajstić information content (AvgIpc) is 2.95. The number of aromatic nitrogens is 3.